The number of carbonyl (C=O) groups excluding carboxylic acids is 1. The highest BCUT2D eigenvalue weighted by molar-refractivity contribution is 5.82. The van der Waals surface area contributed by atoms with Gasteiger partial charge in [-0.2, -0.15) is 0 Å². The highest BCUT2D eigenvalue weighted by Crippen LogP contribution is 2.17. The number of esters is 1. The lowest BCUT2D eigenvalue weighted by Crippen LogP contribution is -2.02. The Bertz CT molecular complexity index is 684. The zero-order chi connectivity index (χ0) is 24.0. The van der Waals surface area contributed by atoms with Gasteiger partial charge in [0.15, 0.2) is 0 Å². The summed E-state index contributed by atoms with van der Waals surface area (Å²) >= 11 is 0. The minimum absolute atomic E-state index is 0.276. The maximum atomic E-state index is 14.2. The third-order valence-electron chi connectivity index (χ3n) is 5.77. The number of unbranched alkanes of at least 4 members (excludes halogenated alkanes) is 13. The first-order valence-electron chi connectivity index (χ1n) is 13.2. The number of ether oxygens (including phenoxy) is 1. The number of carbonyl (C=O) groups is 1. The number of nitrogens with one attached hydrogen (secondary N) is 1. The number of halogens is 1. The van der Waals surface area contributed by atoms with Gasteiger partial charge >= 0.3 is 5.97 Å². The van der Waals surface area contributed by atoms with Crippen LogP contribution in [0.4, 0.5) is 10.1 Å². The predicted octanol–water partition coefficient (Wildman–Crippen LogP) is 8.85. The minimum atomic E-state index is -0.398. The largest absolute Gasteiger partial charge is 0.463 e. The molecule has 0 aliphatic heterocycles. The van der Waals surface area contributed by atoms with Gasteiger partial charge < -0.3 is 10.1 Å². The fraction of sp³-hybridized carbons (Fsp3) is 0.621. The van der Waals surface area contributed by atoms with Gasteiger partial charge in [-0.15, -0.1) is 0 Å². The van der Waals surface area contributed by atoms with Gasteiger partial charge in [-0.25, -0.2) is 9.18 Å². The molecule has 0 heterocycles. The summed E-state index contributed by atoms with van der Waals surface area (Å²) in [5, 5.41) is 3.31. The van der Waals surface area contributed by atoms with Crippen LogP contribution < -0.4 is 5.32 Å². The first kappa shape index (κ1) is 28.9. The van der Waals surface area contributed by atoms with E-state index in [4.69, 9.17) is 4.74 Å². The smallest absolute Gasteiger partial charge is 0.330 e. The maximum absolute atomic E-state index is 14.2. The summed E-state index contributed by atoms with van der Waals surface area (Å²) in [7, 11) is 0. The van der Waals surface area contributed by atoms with E-state index in [9.17, 15) is 9.18 Å². The quantitative estimate of drug-likeness (QED) is 0.0915. The van der Waals surface area contributed by atoms with Crippen molar-refractivity contribution in [2.45, 2.75) is 104 Å². The number of anilines is 1. The zero-order valence-electron chi connectivity index (χ0n) is 21.0. The zero-order valence-corrected chi connectivity index (χ0v) is 21.0. The Kier molecular flexibility index (Phi) is 18.0. The molecule has 0 radical (unpaired) electrons. The Balaban J connectivity index is 2.04. The number of hydrogen-bond acceptors (Lipinski definition) is 3. The second kappa shape index (κ2) is 20.5. The SMILES string of the molecule is CCCCCCCCCCCCCCCCNc1ccc(C=CC=CC(=O)OCC)c(F)c1. The van der Waals surface area contributed by atoms with Crippen molar-refractivity contribution in [1.29, 1.82) is 0 Å². The summed E-state index contributed by atoms with van der Waals surface area (Å²) in [5.41, 5.74) is 1.30. The van der Waals surface area contributed by atoms with E-state index in [0.29, 0.717) is 12.2 Å². The van der Waals surface area contributed by atoms with E-state index in [1.54, 1.807) is 31.2 Å². The van der Waals surface area contributed by atoms with Crippen LogP contribution in [0.5, 0.6) is 0 Å². The van der Waals surface area contributed by atoms with Gasteiger partial charge in [-0.3, -0.25) is 0 Å². The number of allylic oxidation sites excluding steroid dienone is 2. The van der Waals surface area contributed by atoms with Gasteiger partial charge in [0.25, 0.3) is 0 Å². The van der Waals surface area contributed by atoms with Crippen molar-refractivity contribution in [3.8, 4) is 0 Å². The lowest BCUT2D eigenvalue weighted by atomic mass is 10.0. The van der Waals surface area contributed by atoms with E-state index >= 15 is 0 Å². The fourth-order valence-corrected chi connectivity index (χ4v) is 3.81. The monoisotopic (exact) mass is 459 g/mol. The molecule has 0 aliphatic rings. The fourth-order valence-electron chi connectivity index (χ4n) is 3.81. The molecule has 3 nitrogen and oxygen atoms in total. The molecule has 1 rings (SSSR count). The third kappa shape index (κ3) is 16.2. The first-order chi connectivity index (χ1) is 16.2. The molecular formula is C29H46FNO2. The number of rotatable bonds is 20. The molecule has 4 heteroatoms. The molecule has 186 valence electrons. The summed E-state index contributed by atoms with van der Waals surface area (Å²) in [6, 6.07) is 5.16. The van der Waals surface area contributed by atoms with Crippen molar-refractivity contribution in [2.24, 2.45) is 0 Å². The molecule has 1 aromatic carbocycles. The average Bonchev–Trinajstić information content (AvgIpc) is 2.80. The van der Waals surface area contributed by atoms with Crippen molar-refractivity contribution in [1.82, 2.24) is 0 Å². The van der Waals surface area contributed by atoms with E-state index in [0.717, 1.165) is 18.7 Å². The summed E-state index contributed by atoms with van der Waals surface area (Å²) in [4.78, 5) is 11.2. The van der Waals surface area contributed by atoms with Gasteiger partial charge in [0.05, 0.1) is 6.61 Å². The van der Waals surface area contributed by atoms with Crippen LogP contribution in [0.3, 0.4) is 0 Å². The van der Waals surface area contributed by atoms with Crippen LogP contribution in [0, 0.1) is 5.82 Å². The molecule has 1 N–H and O–H groups in total. The highest BCUT2D eigenvalue weighted by atomic mass is 19.1. The van der Waals surface area contributed by atoms with E-state index < -0.39 is 5.97 Å². The summed E-state index contributed by atoms with van der Waals surface area (Å²) in [5.74, 6) is -0.674. The van der Waals surface area contributed by atoms with E-state index in [1.807, 2.05) is 6.07 Å². The van der Waals surface area contributed by atoms with E-state index in [1.165, 1.54) is 95.6 Å². The van der Waals surface area contributed by atoms with Crippen molar-refractivity contribution < 1.29 is 13.9 Å². The Hall–Kier alpha value is -2.10. The number of benzene rings is 1. The number of hydrogen-bond donors (Lipinski definition) is 1. The van der Waals surface area contributed by atoms with Gasteiger partial charge in [0.2, 0.25) is 0 Å². The van der Waals surface area contributed by atoms with Gasteiger partial charge in [0, 0.05) is 23.9 Å². The molecule has 0 amide bonds. The first-order valence-corrected chi connectivity index (χ1v) is 13.2. The Labute approximate surface area is 201 Å². The second-order valence-corrected chi connectivity index (χ2v) is 8.73. The van der Waals surface area contributed by atoms with Crippen molar-refractivity contribution in [2.75, 3.05) is 18.5 Å². The minimum Gasteiger partial charge on any atom is -0.463 e. The molecular weight excluding hydrogens is 413 g/mol. The lowest BCUT2D eigenvalue weighted by Gasteiger charge is -2.08. The molecule has 33 heavy (non-hydrogen) atoms. The van der Waals surface area contributed by atoms with Crippen molar-refractivity contribution in [3.05, 3.63) is 47.8 Å². The Morgan fingerprint density at radius 3 is 1.97 bits per heavy atom. The van der Waals surface area contributed by atoms with Crippen LogP contribution in [0.25, 0.3) is 6.08 Å². The van der Waals surface area contributed by atoms with E-state index in [-0.39, 0.29) is 5.82 Å². The van der Waals surface area contributed by atoms with Gasteiger partial charge in [-0.1, -0.05) is 109 Å². The van der Waals surface area contributed by atoms with Crippen LogP contribution in [-0.2, 0) is 9.53 Å². The van der Waals surface area contributed by atoms with Crippen LogP contribution in [0.2, 0.25) is 0 Å². The highest BCUT2D eigenvalue weighted by Gasteiger charge is 2.01. The van der Waals surface area contributed by atoms with Gasteiger partial charge in [-0.05, 0) is 31.5 Å². The summed E-state index contributed by atoms with van der Waals surface area (Å²) in [6.45, 7) is 5.24. The molecule has 0 saturated heterocycles. The molecule has 1 aromatic rings. The molecule has 0 saturated carbocycles. The van der Waals surface area contributed by atoms with Crippen molar-refractivity contribution >= 4 is 17.7 Å². The third-order valence-corrected chi connectivity index (χ3v) is 5.77. The molecule has 0 atom stereocenters. The molecule has 0 aromatic heterocycles. The molecule has 0 fully saturated rings. The van der Waals surface area contributed by atoms with Crippen LogP contribution in [-0.4, -0.2) is 19.1 Å². The topological polar surface area (TPSA) is 38.3 Å². The normalized spacial score (nSPS) is 11.5. The van der Waals surface area contributed by atoms with E-state index in [2.05, 4.69) is 12.2 Å². The average molecular weight is 460 g/mol. The van der Waals surface area contributed by atoms with Crippen LogP contribution in [0.15, 0.2) is 36.4 Å². The molecule has 0 aliphatic carbocycles. The van der Waals surface area contributed by atoms with Gasteiger partial charge in [0.1, 0.15) is 5.82 Å². The van der Waals surface area contributed by atoms with Crippen LogP contribution in [0.1, 0.15) is 109 Å². The van der Waals surface area contributed by atoms with Crippen LogP contribution >= 0.6 is 0 Å². The van der Waals surface area contributed by atoms with Crippen molar-refractivity contribution in [3.63, 3.8) is 0 Å². The molecule has 0 bridgehead atoms. The Morgan fingerprint density at radius 1 is 0.848 bits per heavy atom. The Morgan fingerprint density at radius 2 is 1.42 bits per heavy atom. The summed E-state index contributed by atoms with van der Waals surface area (Å²) < 4.78 is 19.0. The lowest BCUT2D eigenvalue weighted by molar-refractivity contribution is -0.137. The maximum Gasteiger partial charge on any atom is 0.330 e. The molecule has 0 unspecified atom stereocenters. The predicted molar refractivity (Wildman–Crippen MR) is 140 cm³/mol. The summed E-state index contributed by atoms with van der Waals surface area (Å²) in [6.07, 6.45) is 25.1. The standard InChI is InChI=1S/C29H46FNO2/c1-3-5-6-7-8-9-10-11-12-13-14-15-16-19-24-31-27-23-22-26(28(30)25-27)20-17-18-21-29(32)33-4-2/h17-18,20-23,25,31H,3-16,19,24H2,1-2H3. The molecule has 0 spiro atoms. The second-order valence-electron chi connectivity index (χ2n) is 8.73.